The minimum atomic E-state index is 0.478. The summed E-state index contributed by atoms with van der Waals surface area (Å²) in [6.45, 7) is 8.50. The highest BCUT2D eigenvalue weighted by molar-refractivity contribution is 5.47. The molecular weight excluding hydrogens is 184 g/mol. The zero-order valence-electron chi connectivity index (χ0n) is 10.4. The normalized spacial score (nSPS) is 10.7. The Morgan fingerprint density at radius 2 is 1.73 bits per heavy atom. The lowest BCUT2D eigenvalue weighted by molar-refractivity contribution is 0.465. The van der Waals surface area contributed by atoms with Crippen LogP contribution in [-0.2, 0) is 6.42 Å². The maximum Gasteiger partial charge on any atom is 0.119 e. The van der Waals surface area contributed by atoms with Crippen molar-refractivity contribution in [3.8, 4) is 5.75 Å². The van der Waals surface area contributed by atoms with Gasteiger partial charge in [0.05, 0.1) is 0 Å². The first-order valence-electron chi connectivity index (χ1n) is 5.86. The average Bonchev–Trinajstić information content (AvgIpc) is 2.20. The molecule has 1 nitrogen and oxygen atoms in total. The molecule has 0 radical (unpaired) electrons. The van der Waals surface area contributed by atoms with Crippen molar-refractivity contribution in [1.82, 2.24) is 0 Å². The molecule has 0 aliphatic rings. The van der Waals surface area contributed by atoms with Crippen LogP contribution in [0.4, 0.5) is 0 Å². The number of hydrogen-bond acceptors (Lipinski definition) is 1. The van der Waals surface area contributed by atoms with Crippen molar-refractivity contribution in [3.05, 3.63) is 28.3 Å². The molecule has 1 heteroatoms. The first kappa shape index (κ1) is 12.1. The van der Waals surface area contributed by atoms with Gasteiger partial charge in [-0.2, -0.15) is 0 Å². The van der Waals surface area contributed by atoms with Crippen molar-refractivity contribution in [1.29, 1.82) is 0 Å². The molecule has 0 aromatic heterocycles. The fourth-order valence-electron chi connectivity index (χ4n) is 1.98. The molecule has 0 saturated heterocycles. The number of rotatable bonds is 4. The maximum absolute atomic E-state index is 9.90. The van der Waals surface area contributed by atoms with Gasteiger partial charge in [0.15, 0.2) is 0 Å². The van der Waals surface area contributed by atoms with Crippen molar-refractivity contribution in [3.63, 3.8) is 0 Å². The van der Waals surface area contributed by atoms with Gasteiger partial charge in [-0.1, -0.05) is 19.8 Å². The molecule has 15 heavy (non-hydrogen) atoms. The van der Waals surface area contributed by atoms with E-state index in [1.165, 1.54) is 36.0 Å². The predicted octanol–water partition coefficient (Wildman–Crippen LogP) is 4.05. The second-order valence-electron chi connectivity index (χ2n) is 4.40. The van der Waals surface area contributed by atoms with E-state index in [2.05, 4.69) is 27.7 Å². The Balaban J connectivity index is 2.92. The molecule has 84 valence electrons. The Morgan fingerprint density at radius 3 is 2.33 bits per heavy atom. The molecule has 1 aromatic rings. The quantitative estimate of drug-likeness (QED) is 0.737. The van der Waals surface area contributed by atoms with Crippen molar-refractivity contribution < 1.29 is 5.11 Å². The lowest BCUT2D eigenvalue weighted by Crippen LogP contribution is -1.96. The monoisotopic (exact) mass is 206 g/mol. The van der Waals surface area contributed by atoms with Crippen LogP contribution in [0, 0.1) is 20.8 Å². The van der Waals surface area contributed by atoms with Crippen molar-refractivity contribution in [2.45, 2.75) is 53.4 Å². The average molecular weight is 206 g/mol. The number of aryl methyl sites for hydroxylation is 1. The Hall–Kier alpha value is -0.980. The molecule has 0 atom stereocenters. The molecule has 0 aliphatic carbocycles. The maximum atomic E-state index is 9.90. The van der Waals surface area contributed by atoms with Crippen molar-refractivity contribution in [2.24, 2.45) is 0 Å². The first-order chi connectivity index (χ1) is 7.07. The second-order valence-corrected chi connectivity index (χ2v) is 4.40. The van der Waals surface area contributed by atoms with Crippen LogP contribution in [0.1, 0.15) is 48.4 Å². The Kier molecular flexibility index (Phi) is 4.19. The first-order valence-corrected chi connectivity index (χ1v) is 5.86. The molecule has 0 aliphatic heterocycles. The topological polar surface area (TPSA) is 20.2 Å². The van der Waals surface area contributed by atoms with E-state index in [9.17, 15) is 5.11 Å². The van der Waals surface area contributed by atoms with Gasteiger partial charge in [-0.15, -0.1) is 0 Å². The summed E-state index contributed by atoms with van der Waals surface area (Å²) in [7, 11) is 0. The zero-order valence-corrected chi connectivity index (χ0v) is 10.4. The van der Waals surface area contributed by atoms with Crippen LogP contribution >= 0.6 is 0 Å². The molecule has 0 unspecified atom stereocenters. The summed E-state index contributed by atoms with van der Waals surface area (Å²) in [4.78, 5) is 0. The van der Waals surface area contributed by atoms with Gasteiger partial charge in [0.2, 0.25) is 0 Å². The third-order valence-electron chi connectivity index (χ3n) is 3.30. The number of benzene rings is 1. The van der Waals surface area contributed by atoms with Crippen LogP contribution in [0.3, 0.4) is 0 Å². The molecule has 0 amide bonds. The van der Waals surface area contributed by atoms with Crippen molar-refractivity contribution in [2.75, 3.05) is 0 Å². The van der Waals surface area contributed by atoms with Gasteiger partial charge in [-0.05, 0) is 61.9 Å². The Bertz CT molecular complexity index is 340. The van der Waals surface area contributed by atoms with Gasteiger partial charge >= 0.3 is 0 Å². The van der Waals surface area contributed by atoms with E-state index >= 15 is 0 Å². The van der Waals surface area contributed by atoms with Crippen molar-refractivity contribution >= 4 is 0 Å². The van der Waals surface area contributed by atoms with E-state index in [-0.39, 0.29) is 0 Å². The molecule has 1 N–H and O–H groups in total. The fraction of sp³-hybridized carbons (Fsp3) is 0.571. The van der Waals surface area contributed by atoms with Crippen LogP contribution in [-0.4, -0.2) is 5.11 Å². The van der Waals surface area contributed by atoms with E-state index in [1.807, 2.05) is 6.07 Å². The summed E-state index contributed by atoms with van der Waals surface area (Å²) < 4.78 is 0. The van der Waals surface area contributed by atoms with E-state index in [0.717, 1.165) is 12.0 Å². The molecule has 0 bridgehead atoms. The fourth-order valence-corrected chi connectivity index (χ4v) is 1.98. The standard InChI is InChI=1S/C14H22O/c1-5-6-7-8-13-12(4)11(3)10(2)9-14(13)15/h9,15H,5-8H2,1-4H3. The van der Waals surface area contributed by atoms with Crippen LogP contribution in [0.5, 0.6) is 5.75 Å². The van der Waals surface area contributed by atoms with Gasteiger partial charge in [-0.3, -0.25) is 0 Å². The van der Waals surface area contributed by atoms with Crippen LogP contribution in [0.15, 0.2) is 6.07 Å². The van der Waals surface area contributed by atoms with E-state index in [0.29, 0.717) is 5.75 Å². The zero-order chi connectivity index (χ0) is 11.4. The van der Waals surface area contributed by atoms with E-state index < -0.39 is 0 Å². The molecule has 0 heterocycles. The van der Waals surface area contributed by atoms with E-state index in [1.54, 1.807) is 0 Å². The number of hydrogen-bond donors (Lipinski definition) is 1. The number of aromatic hydroxyl groups is 1. The second kappa shape index (κ2) is 5.20. The van der Waals surface area contributed by atoms with Gasteiger partial charge in [0.25, 0.3) is 0 Å². The highest BCUT2D eigenvalue weighted by atomic mass is 16.3. The summed E-state index contributed by atoms with van der Waals surface area (Å²) in [5.41, 5.74) is 4.92. The molecule has 1 rings (SSSR count). The lowest BCUT2D eigenvalue weighted by Gasteiger charge is -2.13. The van der Waals surface area contributed by atoms with Gasteiger partial charge in [0, 0.05) is 0 Å². The number of phenolic OH excluding ortho intramolecular Hbond substituents is 1. The molecule has 1 aromatic carbocycles. The van der Waals surface area contributed by atoms with Crippen LogP contribution < -0.4 is 0 Å². The third-order valence-corrected chi connectivity index (χ3v) is 3.30. The number of phenols is 1. The summed E-state index contributed by atoms with van der Waals surface area (Å²) in [6, 6.07) is 1.89. The largest absolute Gasteiger partial charge is 0.508 e. The highest BCUT2D eigenvalue weighted by Crippen LogP contribution is 2.28. The van der Waals surface area contributed by atoms with Crippen LogP contribution in [0.2, 0.25) is 0 Å². The number of unbranched alkanes of at least 4 members (excludes halogenated alkanes) is 2. The predicted molar refractivity (Wildman–Crippen MR) is 65.5 cm³/mol. The summed E-state index contributed by atoms with van der Waals surface area (Å²) >= 11 is 0. The summed E-state index contributed by atoms with van der Waals surface area (Å²) in [5, 5.41) is 9.90. The minimum Gasteiger partial charge on any atom is -0.508 e. The molecule has 0 fully saturated rings. The smallest absolute Gasteiger partial charge is 0.119 e. The Morgan fingerprint density at radius 1 is 1.07 bits per heavy atom. The Labute approximate surface area is 93.1 Å². The van der Waals surface area contributed by atoms with Crippen LogP contribution in [0.25, 0.3) is 0 Å². The lowest BCUT2D eigenvalue weighted by atomic mass is 9.94. The minimum absolute atomic E-state index is 0.478. The van der Waals surface area contributed by atoms with Gasteiger partial charge in [0.1, 0.15) is 5.75 Å². The summed E-state index contributed by atoms with van der Waals surface area (Å²) in [5.74, 6) is 0.478. The molecular formula is C14H22O. The van der Waals surface area contributed by atoms with Gasteiger partial charge in [-0.25, -0.2) is 0 Å². The SMILES string of the molecule is CCCCCc1c(O)cc(C)c(C)c1C. The molecule has 0 spiro atoms. The molecule has 0 saturated carbocycles. The van der Waals surface area contributed by atoms with E-state index in [4.69, 9.17) is 0 Å². The van der Waals surface area contributed by atoms with Gasteiger partial charge < -0.3 is 5.11 Å². The highest BCUT2D eigenvalue weighted by Gasteiger charge is 2.09. The third kappa shape index (κ3) is 2.74. The summed E-state index contributed by atoms with van der Waals surface area (Å²) in [6.07, 6.45) is 4.65.